The Hall–Kier alpha value is -1.88. The SMILES string of the molecule is CN(CC(=O)O)c1nc(-c2ccccc2)cs1. The van der Waals surface area contributed by atoms with E-state index in [4.69, 9.17) is 5.11 Å². The van der Waals surface area contributed by atoms with Crippen LogP contribution in [0.1, 0.15) is 0 Å². The Kier molecular flexibility index (Phi) is 3.39. The van der Waals surface area contributed by atoms with E-state index in [9.17, 15) is 4.79 Å². The summed E-state index contributed by atoms with van der Waals surface area (Å²) < 4.78 is 0. The van der Waals surface area contributed by atoms with Gasteiger partial charge in [-0.2, -0.15) is 0 Å². The smallest absolute Gasteiger partial charge is 0.323 e. The van der Waals surface area contributed by atoms with Crippen molar-refractivity contribution >= 4 is 22.4 Å². The first kappa shape index (κ1) is 11.6. The van der Waals surface area contributed by atoms with Crippen LogP contribution in [0.4, 0.5) is 5.13 Å². The van der Waals surface area contributed by atoms with Crippen LogP contribution in [-0.2, 0) is 4.79 Å². The highest BCUT2D eigenvalue weighted by Gasteiger charge is 2.10. The molecule has 0 saturated carbocycles. The van der Waals surface area contributed by atoms with Crippen molar-refractivity contribution in [2.45, 2.75) is 0 Å². The number of thiazole rings is 1. The molecule has 88 valence electrons. The summed E-state index contributed by atoms with van der Waals surface area (Å²) in [6.45, 7) is -0.0399. The molecule has 0 unspecified atom stereocenters. The van der Waals surface area contributed by atoms with Gasteiger partial charge in [0.2, 0.25) is 0 Å². The number of hydrogen-bond donors (Lipinski definition) is 1. The van der Waals surface area contributed by atoms with Gasteiger partial charge in [0, 0.05) is 18.0 Å². The van der Waals surface area contributed by atoms with E-state index in [1.54, 1.807) is 11.9 Å². The number of carboxylic acids is 1. The molecule has 5 heteroatoms. The third kappa shape index (κ3) is 2.82. The number of carbonyl (C=O) groups is 1. The van der Waals surface area contributed by atoms with Crippen molar-refractivity contribution in [3.63, 3.8) is 0 Å². The van der Waals surface area contributed by atoms with E-state index in [2.05, 4.69) is 4.98 Å². The zero-order chi connectivity index (χ0) is 12.3. The first-order valence-electron chi connectivity index (χ1n) is 5.10. The molecule has 1 heterocycles. The monoisotopic (exact) mass is 248 g/mol. The fraction of sp³-hybridized carbons (Fsp3) is 0.167. The molecule has 1 aromatic heterocycles. The van der Waals surface area contributed by atoms with Crippen molar-refractivity contribution < 1.29 is 9.90 Å². The Morgan fingerprint density at radius 2 is 2.12 bits per heavy atom. The third-order valence-electron chi connectivity index (χ3n) is 2.26. The van der Waals surface area contributed by atoms with Crippen LogP contribution in [0.25, 0.3) is 11.3 Å². The number of likely N-dealkylation sites (N-methyl/N-ethyl adjacent to an activating group) is 1. The lowest BCUT2D eigenvalue weighted by Crippen LogP contribution is -2.24. The van der Waals surface area contributed by atoms with Crippen molar-refractivity contribution in [3.05, 3.63) is 35.7 Å². The average Bonchev–Trinajstić information content (AvgIpc) is 2.78. The molecule has 0 spiro atoms. The Morgan fingerprint density at radius 3 is 2.76 bits per heavy atom. The van der Waals surface area contributed by atoms with Gasteiger partial charge in [-0.05, 0) is 0 Å². The topological polar surface area (TPSA) is 53.4 Å². The number of anilines is 1. The van der Waals surface area contributed by atoms with E-state index in [-0.39, 0.29) is 6.54 Å². The second-order valence-corrected chi connectivity index (χ2v) is 4.47. The molecule has 4 nitrogen and oxygen atoms in total. The Morgan fingerprint density at radius 1 is 1.41 bits per heavy atom. The van der Waals surface area contributed by atoms with Crippen molar-refractivity contribution in [3.8, 4) is 11.3 Å². The van der Waals surface area contributed by atoms with Crippen LogP contribution in [0, 0.1) is 0 Å². The first-order valence-corrected chi connectivity index (χ1v) is 5.98. The highest BCUT2D eigenvalue weighted by molar-refractivity contribution is 7.14. The summed E-state index contributed by atoms with van der Waals surface area (Å²) in [5, 5.41) is 11.4. The van der Waals surface area contributed by atoms with Gasteiger partial charge in [0.1, 0.15) is 6.54 Å². The minimum atomic E-state index is -0.857. The van der Waals surface area contributed by atoms with Crippen LogP contribution in [0.3, 0.4) is 0 Å². The molecular formula is C12H12N2O2S. The van der Waals surface area contributed by atoms with Crippen molar-refractivity contribution in [2.75, 3.05) is 18.5 Å². The Bertz CT molecular complexity index is 510. The van der Waals surface area contributed by atoms with Gasteiger partial charge in [-0.15, -0.1) is 11.3 Å². The van der Waals surface area contributed by atoms with E-state index < -0.39 is 5.97 Å². The van der Waals surface area contributed by atoms with Crippen molar-refractivity contribution in [1.82, 2.24) is 4.98 Å². The maximum Gasteiger partial charge on any atom is 0.323 e. The average molecular weight is 248 g/mol. The lowest BCUT2D eigenvalue weighted by atomic mass is 10.2. The molecule has 1 N–H and O–H groups in total. The van der Waals surface area contributed by atoms with E-state index in [1.807, 2.05) is 35.7 Å². The van der Waals surface area contributed by atoms with Crippen molar-refractivity contribution in [2.24, 2.45) is 0 Å². The molecular weight excluding hydrogens is 236 g/mol. The Balaban J connectivity index is 2.19. The second kappa shape index (κ2) is 4.97. The maximum absolute atomic E-state index is 10.6. The molecule has 17 heavy (non-hydrogen) atoms. The molecule has 0 aliphatic rings. The number of carboxylic acid groups (broad SMARTS) is 1. The minimum absolute atomic E-state index is 0.0399. The number of benzene rings is 1. The number of nitrogens with zero attached hydrogens (tertiary/aromatic N) is 2. The standard InChI is InChI=1S/C12H12N2O2S/c1-14(7-11(15)16)12-13-10(8-17-12)9-5-3-2-4-6-9/h2-6,8H,7H2,1H3,(H,15,16). The van der Waals surface area contributed by atoms with E-state index >= 15 is 0 Å². The van der Waals surface area contributed by atoms with Crippen LogP contribution >= 0.6 is 11.3 Å². The van der Waals surface area contributed by atoms with Gasteiger partial charge in [-0.1, -0.05) is 30.3 Å². The third-order valence-corrected chi connectivity index (χ3v) is 3.22. The van der Waals surface area contributed by atoms with Crippen LogP contribution in [-0.4, -0.2) is 29.7 Å². The summed E-state index contributed by atoms with van der Waals surface area (Å²) in [7, 11) is 1.72. The van der Waals surface area contributed by atoms with Crippen LogP contribution < -0.4 is 4.90 Å². The fourth-order valence-corrected chi connectivity index (χ4v) is 2.25. The number of aromatic nitrogens is 1. The normalized spacial score (nSPS) is 10.2. The number of aliphatic carboxylic acids is 1. The van der Waals surface area contributed by atoms with Gasteiger partial charge in [0.05, 0.1) is 5.69 Å². The van der Waals surface area contributed by atoms with Gasteiger partial charge >= 0.3 is 5.97 Å². The Labute approximate surface area is 103 Å². The summed E-state index contributed by atoms with van der Waals surface area (Å²) in [4.78, 5) is 16.6. The minimum Gasteiger partial charge on any atom is -0.480 e. The molecule has 0 fully saturated rings. The predicted molar refractivity (Wildman–Crippen MR) is 68.5 cm³/mol. The van der Waals surface area contributed by atoms with Gasteiger partial charge in [-0.3, -0.25) is 4.79 Å². The predicted octanol–water partition coefficient (Wildman–Crippen LogP) is 2.33. The van der Waals surface area contributed by atoms with Crippen LogP contribution in [0.5, 0.6) is 0 Å². The molecule has 0 amide bonds. The molecule has 0 bridgehead atoms. The second-order valence-electron chi connectivity index (χ2n) is 3.63. The molecule has 0 atom stereocenters. The largest absolute Gasteiger partial charge is 0.480 e. The lowest BCUT2D eigenvalue weighted by molar-refractivity contribution is -0.135. The number of hydrogen-bond acceptors (Lipinski definition) is 4. The zero-order valence-corrected chi connectivity index (χ0v) is 10.1. The molecule has 0 aliphatic carbocycles. The molecule has 2 aromatic rings. The first-order chi connectivity index (χ1) is 8.16. The molecule has 0 aliphatic heterocycles. The molecule has 1 aromatic carbocycles. The van der Waals surface area contributed by atoms with Crippen LogP contribution in [0.2, 0.25) is 0 Å². The van der Waals surface area contributed by atoms with E-state index in [1.165, 1.54) is 11.3 Å². The summed E-state index contributed by atoms with van der Waals surface area (Å²) in [6, 6.07) is 9.82. The van der Waals surface area contributed by atoms with E-state index in [0.29, 0.717) is 5.13 Å². The molecule has 2 rings (SSSR count). The quantitative estimate of drug-likeness (QED) is 0.902. The van der Waals surface area contributed by atoms with E-state index in [0.717, 1.165) is 11.3 Å². The van der Waals surface area contributed by atoms with Gasteiger partial charge < -0.3 is 10.0 Å². The summed E-state index contributed by atoms with van der Waals surface area (Å²) in [6.07, 6.45) is 0. The van der Waals surface area contributed by atoms with Crippen molar-refractivity contribution in [1.29, 1.82) is 0 Å². The molecule has 0 saturated heterocycles. The van der Waals surface area contributed by atoms with Gasteiger partial charge in [0.15, 0.2) is 5.13 Å². The van der Waals surface area contributed by atoms with Crippen LogP contribution in [0.15, 0.2) is 35.7 Å². The van der Waals surface area contributed by atoms with Gasteiger partial charge in [-0.25, -0.2) is 4.98 Å². The zero-order valence-electron chi connectivity index (χ0n) is 9.33. The maximum atomic E-state index is 10.6. The number of rotatable bonds is 4. The lowest BCUT2D eigenvalue weighted by Gasteiger charge is -2.11. The van der Waals surface area contributed by atoms with Gasteiger partial charge in [0.25, 0.3) is 0 Å². The summed E-state index contributed by atoms with van der Waals surface area (Å²) in [5.41, 5.74) is 1.92. The fourth-order valence-electron chi connectivity index (χ4n) is 1.45. The summed E-state index contributed by atoms with van der Waals surface area (Å²) >= 11 is 1.45. The highest BCUT2D eigenvalue weighted by atomic mass is 32.1. The highest BCUT2D eigenvalue weighted by Crippen LogP contribution is 2.26. The molecule has 0 radical (unpaired) electrons. The summed E-state index contributed by atoms with van der Waals surface area (Å²) in [5.74, 6) is -0.857.